The molecule has 2 aromatic heterocycles. The zero-order valence-electron chi connectivity index (χ0n) is 33.0. The molecule has 2 fully saturated rings. The van der Waals surface area contributed by atoms with E-state index < -0.39 is 17.9 Å². The summed E-state index contributed by atoms with van der Waals surface area (Å²) in [6, 6.07) is 15.2. The van der Waals surface area contributed by atoms with Crippen molar-refractivity contribution >= 4 is 101 Å². The van der Waals surface area contributed by atoms with Gasteiger partial charge >= 0.3 is 5.97 Å². The van der Waals surface area contributed by atoms with Gasteiger partial charge in [-0.3, -0.25) is 29.1 Å². The van der Waals surface area contributed by atoms with Crippen LogP contribution in [0.5, 0.6) is 0 Å². The lowest BCUT2D eigenvalue weighted by atomic mass is 10.1. The number of hydrogen-bond acceptors (Lipinski definition) is 12. The number of carbonyl (C=O) groups excluding carboxylic acids is 5. The number of thiol groups is 2. The summed E-state index contributed by atoms with van der Waals surface area (Å²) in [5, 5.41) is 19.6. The van der Waals surface area contributed by atoms with Crippen molar-refractivity contribution in [2.75, 3.05) is 26.2 Å². The fourth-order valence-corrected chi connectivity index (χ4v) is 7.56. The first-order chi connectivity index (χ1) is 29.7. The van der Waals surface area contributed by atoms with E-state index in [4.69, 9.17) is 51.1 Å². The Hall–Kier alpha value is -4.39. The van der Waals surface area contributed by atoms with Crippen molar-refractivity contribution in [3.8, 4) is 0 Å². The van der Waals surface area contributed by atoms with Crippen molar-refractivity contribution in [2.24, 2.45) is 0 Å². The van der Waals surface area contributed by atoms with Gasteiger partial charge < -0.3 is 36.6 Å². The predicted octanol–water partition coefficient (Wildman–Crippen LogP) is 5.51. The molecule has 0 aliphatic carbocycles. The van der Waals surface area contributed by atoms with Gasteiger partial charge in [-0.2, -0.15) is 25.3 Å². The average Bonchev–Trinajstić information content (AvgIpc) is 3.91. The smallest absolute Gasteiger partial charge is 0.330 e. The Morgan fingerprint density at radius 2 is 1.24 bits per heavy atom. The second-order valence-electron chi connectivity index (χ2n) is 14.2. The molecule has 0 bridgehead atoms. The van der Waals surface area contributed by atoms with Gasteiger partial charge in [0.05, 0.1) is 31.2 Å². The monoisotopic (exact) mass is 960 g/mol. The molecule has 5 atom stereocenters. The summed E-state index contributed by atoms with van der Waals surface area (Å²) in [7, 11) is 0. The molecule has 2 aliphatic heterocycles. The van der Waals surface area contributed by atoms with Gasteiger partial charge in [0.2, 0.25) is 0 Å². The topological polar surface area (TPSA) is 193 Å². The molecule has 1 unspecified atom stereocenters. The second kappa shape index (κ2) is 23.9. The molecule has 2 saturated heterocycles. The van der Waals surface area contributed by atoms with Crippen LogP contribution in [0.15, 0.2) is 85.7 Å². The van der Waals surface area contributed by atoms with Crippen LogP contribution in [0.25, 0.3) is 0 Å². The van der Waals surface area contributed by atoms with Crippen LogP contribution in [0, 0.1) is 0 Å². The molecule has 2 aliphatic rings. The summed E-state index contributed by atoms with van der Waals surface area (Å²) in [6.07, 6.45) is 5.63. The van der Waals surface area contributed by atoms with Crippen molar-refractivity contribution in [2.45, 2.75) is 54.6 Å². The van der Waals surface area contributed by atoms with Crippen LogP contribution < -0.4 is 31.9 Å². The van der Waals surface area contributed by atoms with E-state index in [2.05, 4.69) is 73.7 Å². The number of carbonyl (C=O) groups is 5. The molecular formula is C42H44Cl4N8O6S2. The quantitative estimate of drug-likeness (QED) is 0.0428. The molecule has 62 heavy (non-hydrogen) atoms. The summed E-state index contributed by atoms with van der Waals surface area (Å²) >= 11 is 32.6. The molecule has 4 amide bonds. The molecule has 0 radical (unpaired) electrons. The van der Waals surface area contributed by atoms with E-state index >= 15 is 0 Å². The summed E-state index contributed by atoms with van der Waals surface area (Å²) in [4.78, 5) is 70.3. The third-order valence-electron chi connectivity index (χ3n) is 9.53. The average molecular weight is 963 g/mol. The number of aromatic nitrogens is 2. The van der Waals surface area contributed by atoms with Crippen LogP contribution in [-0.2, 0) is 22.6 Å². The summed E-state index contributed by atoms with van der Waals surface area (Å²) in [5.74, 6) is -2.07. The number of nitrogens with one attached hydrogen (secondary N) is 6. The standard InChI is InChI=1S/C23H24Cl2N4O4S.C19H20Cl2N4O2S/c1-2-7-33-23(32)20(19-9-15(34)12-27-19)29-22(31)18-6-4-14(11-26-18)21(30)28-10-13-3-5-16(24)17(25)8-13;20-15-3-1-11(5-16(15)21)7-24-18(26)12-2-4-17(23-8-12)19(27)25-9-13-6-14(28)10-22-13/h2-6,8,11,15,19-20,27,34H,1,7,9-10,12H2,(H,28,30)(H,29,31);1-5,8,13-14,22,28H,6-7,9-10H2,(H,24,26)(H,25,27)/t15-,19-,20?;13-,14-/m00/s1. The Morgan fingerprint density at radius 1 is 0.710 bits per heavy atom. The van der Waals surface area contributed by atoms with Gasteiger partial charge in [-0.15, -0.1) is 0 Å². The van der Waals surface area contributed by atoms with Crippen LogP contribution >= 0.6 is 71.7 Å². The third-order valence-corrected chi connectivity index (χ3v) is 11.8. The Bertz CT molecular complexity index is 2240. The molecule has 2 aromatic carbocycles. The Kier molecular flexibility index (Phi) is 18.7. The molecule has 20 heteroatoms. The van der Waals surface area contributed by atoms with Crippen molar-refractivity contribution in [3.05, 3.63) is 139 Å². The highest BCUT2D eigenvalue weighted by Crippen LogP contribution is 2.24. The van der Waals surface area contributed by atoms with Gasteiger partial charge in [0.15, 0.2) is 0 Å². The Morgan fingerprint density at radius 3 is 1.69 bits per heavy atom. The minimum absolute atomic E-state index is 0.0342. The number of esters is 1. The van der Waals surface area contributed by atoms with E-state index in [1.165, 1.54) is 36.7 Å². The summed E-state index contributed by atoms with van der Waals surface area (Å²) in [6.45, 7) is 6.07. The third kappa shape index (κ3) is 14.6. The molecular weight excluding hydrogens is 918 g/mol. The number of halogens is 4. The van der Waals surface area contributed by atoms with E-state index in [0.29, 0.717) is 57.0 Å². The van der Waals surface area contributed by atoms with Crippen molar-refractivity contribution < 1.29 is 28.7 Å². The lowest BCUT2D eigenvalue weighted by Crippen LogP contribution is -2.53. The molecule has 14 nitrogen and oxygen atoms in total. The number of hydrogen-bond donors (Lipinski definition) is 8. The zero-order valence-corrected chi connectivity index (χ0v) is 37.8. The first kappa shape index (κ1) is 48.6. The maximum Gasteiger partial charge on any atom is 0.330 e. The highest BCUT2D eigenvalue weighted by atomic mass is 35.5. The molecule has 6 rings (SSSR count). The number of nitrogens with zero attached hydrogens (tertiary/aromatic N) is 2. The Balaban J connectivity index is 0.000000238. The minimum Gasteiger partial charge on any atom is -0.460 e. The maximum atomic E-state index is 12.8. The largest absolute Gasteiger partial charge is 0.460 e. The van der Waals surface area contributed by atoms with E-state index in [1.807, 2.05) is 0 Å². The summed E-state index contributed by atoms with van der Waals surface area (Å²) in [5.41, 5.74) is 2.58. The van der Waals surface area contributed by atoms with Crippen LogP contribution in [0.2, 0.25) is 20.1 Å². The first-order valence-corrected chi connectivity index (χ1v) is 21.8. The molecule has 6 N–H and O–H groups in total. The molecule has 0 saturated carbocycles. The van der Waals surface area contributed by atoms with Gasteiger partial charge in [-0.25, -0.2) is 4.79 Å². The van der Waals surface area contributed by atoms with Crippen LogP contribution in [-0.4, -0.2) is 94.4 Å². The van der Waals surface area contributed by atoms with Gasteiger partial charge in [0, 0.05) is 67.7 Å². The van der Waals surface area contributed by atoms with Crippen LogP contribution in [0.4, 0.5) is 0 Å². The van der Waals surface area contributed by atoms with Gasteiger partial charge in [-0.1, -0.05) is 71.2 Å². The van der Waals surface area contributed by atoms with Crippen molar-refractivity contribution in [1.82, 2.24) is 41.9 Å². The second-order valence-corrected chi connectivity index (χ2v) is 17.3. The molecule has 0 spiro atoms. The van der Waals surface area contributed by atoms with E-state index in [0.717, 1.165) is 24.1 Å². The highest BCUT2D eigenvalue weighted by molar-refractivity contribution is 7.81. The fraction of sp³-hybridized carbons (Fsp3) is 0.310. The van der Waals surface area contributed by atoms with Gasteiger partial charge in [0.1, 0.15) is 24.0 Å². The van der Waals surface area contributed by atoms with Crippen LogP contribution in [0.3, 0.4) is 0 Å². The summed E-state index contributed by atoms with van der Waals surface area (Å²) < 4.78 is 5.14. The molecule has 4 aromatic rings. The van der Waals surface area contributed by atoms with Gasteiger partial charge in [-0.05, 0) is 72.5 Å². The fourth-order valence-electron chi connectivity index (χ4n) is 6.22. The molecule has 328 valence electrons. The van der Waals surface area contributed by atoms with Crippen molar-refractivity contribution in [1.29, 1.82) is 0 Å². The maximum absolute atomic E-state index is 12.8. The van der Waals surface area contributed by atoms with E-state index in [1.54, 1.807) is 42.5 Å². The lowest BCUT2D eigenvalue weighted by Gasteiger charge is -2.23. The normalized spacial score (nSPS) is 18.4. The molecule has 4 heterocycles. The first-order valence-electron chi connectivity index (χ1n) is 19.3. The predicted molar refractivity (Wildman–Crippen MR) is 247 cm³/mol. The number of rotatable bonds is 15. The number of benzene rings is 2. The highest BCUT2D eigenvalue weighted by Gasteiger charge is 2.36. The number of amides is 4. The zero-order chi connectivity index (χ0) is 44.8. The lowest BCUT2D eigenvalue weighted by molar-refractivity contribution is -0.145. The minimum atomic E-state index is -0.916. The number of ether oxygens (including phenoxy) is 1. The van der Waals surface area contributed by atoms with Gasteiger partial charge in [0.25, 0.3) is 23.6 Å². The SMILES string of the molecule is C=CCOC(=O)C(NC(=O)c1ccc(C(=O)NCc2ccc(Cl)c(Cl)c2)cn1)[C@@H]1C[C@H](S)CN1.O=C(NCc1ccc(Cl)c(Cl)c1)c1ccc(C(=O)NC[C@@H]2C[C@H](S)CN2)nc1. The van der Waals surface area contributed by atoms with Crippen molar-refractivity contribution in [3.63, 3.8) is 0 Å². The van der Waals surface area contributed by atoms with Crippen LogP contribution in [0.1, 0.15) is 65.7 Å². The van der Waals surface area contributed by atoms with E-state index in [9.17, 15) is 24.0 Å². The van der Waals surface area contributed by atoms with E-state index in [-0.39, 0.29) is 65.2 Å². The Labute approximate surface area is 389 Å². The number of pyridine rings is 2.